The molecule has 1 aliphatic carbocycles. The number of ether oxygens (including phenoxy) is 1. The molecule has 1 N–H and O–H groups in total. The number of carbonyl (C=O) groups excluding carboxylic acids is 1. The minimum absolute atomic E-state index is 0.0902. The van der Waals surface area contributed by atoms with E-state index >= 15 is 0 Å². The van der Waals surface area contributed by atoms with E-state index in [9.17, 15) is 4.79 Å². The lowest BCUT2D eigenvalue weighted by molar-refractivity contribution is -0.122. The van der Waals surface area contributed by atoms with E-state index in [0.29, 0.717) is 11.8 Å². The standard InChI is InChI=1S/C21H26N6O2/c1-13-7-25-27(9-13)19-6-18(23-12-24-19)26-10-16-15(8-22-20(28)14-2-3-14)17-4-5-21(16,11-26)29-17/h6-7,9,12,14-17H,2-5,8,10-11H2,1H3,(H,22,28)/t15-,16+,17+,21+/m0/s1. The lowest BCUT2D eigenvalue weighted by Gasteiger charge is -2.29. The highest BCUT2D eigenvalue weighted by molar-refractivity contribution is 5.80. The largest absolute Gasteiger partial charge is 0.369 e. The zero-order valence-electron chi connectivity index (χ0n) is 16.6. The molecule has 4 fully saturated rings. The molecular weight excluding hydrogens is 368 g/mol. The minimum Gasteiger partial charge on any atom is -0.369 e. The van der Waals surface area contributed by atoms with Gasteiger partial charge in [-0.1, -0.05) is 0 Å². The number of aryl methyl sites for hydroxylation is 1. The molecule has 1 saturated carbocycles. The van der Waals surface area contributed by atoms with Crippen LogP contribution in [-0.4, -0.2) is 57.0 Å². The average Bonchev–Trinajstić information content (AvgIpc) is 3.07. The number of hydrogen-bond donors (Lipinski definition) is 1. The minimum atomic E-state index is -0.0902. The van der Waals surface area contributed by atoms with Gasteiger partial charge < -0.3 is 15.0 Å². The number of hydrogen-bond acceptors (Lipinski definition) is 6. The molecule has 6 rings (SSSR count). The van der Waals surface area contributed by atoms with Gasteiger partial charge in [0.2, 0.25) is 5.91 Å². The van der Waals surface area contributed by atoms with Gasteiger partial charge in [-0.2, -0.15) is 5.10 Å². The van der Waals surface area contributed by atoms with Crippen molar-refractivity contribution in [2.45, 2.75) is 44.3 Å². The van der Waals surface area contributed by atoms with Crippen molar-refractivity contribution in [2.24, 2.45) is 17.8 Å². The molecule has 2 bridgehead atoms. The Balaban J connectivity index is 1.21. The first-order chi connectivity index (χ1) is 14.1. The van der Waals surface area contributed by atoms with Crippen molar-refractivity contribution < 1.29 is 9.53 Å². The summed E-state index contributed by atoms with van der Waals surface area (Å²) in [5.74, 6) is 3.01. The average molecular weight is 394 g/mol. The van der Waals surface area contributed by atoms with Gasteiger partial charge in [-0.15, -0.1) is 0 Å². The van der Waals surface area contributed by atoms with Crippen LogP contribution in [0.2, 0.25) is 0 Å². The summed E-state index contributed by atoms with van der Waals surface area (Å²) in [5.41, 5.74) is 1.01. The van der Waals surface area contributed by atoms with Gasteiger partial charge in [-0.05, 0) is 38.2 Å². The molecule has 3 saturated heterocycles. The van der Waals surface area contributed by atoms with Crippen molar-refractivity contribution in [3.8, 4) is 5.82 Å². The summed E-state index contributed by atoms with van der Waals surface area (Å²) in [4.78, 5) is 23.4. The van der Waals surface area contributed by atoms with Gasteiger partial charge in [0.05, 0.1) is 17.9 Å². The molecule has 2 aromatic rings. The van der Waals surface area contributed by atoms with E-state index in [0.717, 1.165) is 62.5 Å². The number of nitrogens with zero attached hydrogens (tertiary/aromatic N) is 5. The summed E-state index contributed by atoms with van der Waals surface area (Å²) < 4.78 is 8.31. The molecule has 1 spiro atoms. The highest BCUT2D eigenvalue weighted by Gasteiger charge is 2.63. The lowest BCUT2D eigenvalue weighted by atomic mass is 9.73. The van der Waals surface area contributed by atoms with Crippen LogP contribution in [0.3, 0.4) is 0 Å². The van der Waals surface area contributed by atoms with Gasteiger partial charge in [0.25, 0.3) is 0 Å². The first-order valence-electron chi connectivity index (χ1n) is 10.7. The highest BCUT2D eigenvalue weighted by atomic mass is 16.5. The molecule has 0 radical (unpaired) electrons. The molecule has 4 atom stereocenters. The first-order valence-corrected chi connectivity index (χ1v) is 10.7. The number of aromatic nitrogens is 4. The molecule has 5 heterocycles. The van der Waals surface area contributed by atoms with Crippen LogP contribution in [0, 0.1) is 24.7 Å². The maximum atomic E-state index is 12.1. The first kappa shape index (κ1) is 17.4. The zero-order chi connectivity index (χ0) is 19.6. The number of fused-ring (bicyclic) bond motifs is 1. The highest BCUT2D eigenvalue weighted by Crippen LogP contribution is 2.55. The van der Waals surface area contributed by atoms with E-state index in [1.807, 2.05) is 25.4 Å². The number of rotatable bonds is 5. The molecule has 29 heavy (non-hydrogen) atoms. The molecule has 0 aromatic carbocycles. The molecule has 2 aromatic heterocycles. The molecule has 0 unspecified atom stereocenters. The summed E-state index contributed by atoms with van der Waals surface area (Å²) in [5, 5.41) is 7.56. The van der Waals surface area contributed by atoms with E-state index in [2.05, 4.69) is 25.3 Å². The second-order valence-electron chi connectivity index (χ2n) is 9.13. The molecule has 152 valence electrons. The van der Waals surface area contributed by atoms with Crippen molar-refractivity contribution in [2.75, 3.05) is 24.5 Å². The third-order valence-corrected chi connectivity index (χ3v) is 7.15. The third kappa shape index (κ3) is 2.84. The van der Waals surface area contributed by atoms with Crippen LogP contribution in [0.25, 0.3) is 5.82 Å². The van der Waals surface area contributed by atoms with Crippen LogP contribution >= 0.6 is 0 Å². The van der Waals surface area contributed by atoms with Crippen molar-refractivity contribution in [3.05, 3.63) is 30.4 Å². The van der Waals surface area contributed by atoms with Crippen LogP contribution in [0.1, 0.15) is 31.2 Å². The van der Waals surface area contributed by atoms with Gasteiger partial charge in [0.1, 0.15) is 12.1 Å². The fourth-order valence-electron chi connectivity index (χ4n) is 5.52. The van der Waals surface area contributed by atoms with E-state index in [1.54, 1.807) is 11.0 Å². The maximum absolute atomic E-state index is 12.1. The number of nitrogens with one attached hydrogen (secondary N) is 1. The lowest BCUT2D eigenvalue weighted by Crippen LogP contribution is -2.42. The smallest absolute Gasteiger partial charge is 0.223 e. The quantitative estimate of drug-likeness (QED) is 0.827. The van der Waals surface area contributed by atoms with E-state index in [4.69, 9.17) is 4.74 Å². The number of carbonyl (C=O) groups is 1. The monoisotopic (exact) mass is 394 g/mol. The van der Waals surface area contributed by atoms with E-state index < -0.39 is 0 Å². The van der Waals surface area contributed by atoms with Gasteiger partial charge in [0, 0.05) is 49.7 Å². The molecule has 8 heteroatoms. The summed E-state index contributed by atoms with van der Waals surface area (Å²) in [7, 11) is 0. The summed E-state index contributed by atoms with van der Waals surface area (Å²) in [6, 6.07) is 2.00. The van der Waals surface area contributed by atoms with Crippen molar-refractivity contribution >= 4 is 11.7 Å². The Labute approximate surface area is 169 Å². The van der Waals surface area contributed by atoms with Crippen LogP contribution in [0.15, 0.2) is 24.8 Å². The van der Waals surface area contributed by atoms with Crippen LogP contribution in [0.4, 0.5) is 5.82 Å². The number of amides is 1. The number of anilines is 1. The zero-order valence-corrected chi connectivity index (χ0v) is 16.6. The van der Waals surface area contributed by atoms with Crippen molar-refractivity contribution in [3.63, 3.8) is 0 Å². The molecule has 3 aliphatic heterocycles. The Bertz CT molecular complexity index is 956. The Kier molecular flexibility index (Phi) is 3.75. The summed E-state index contributed by atoms with van der Waals surface area (Å²) in [6.07, 6.45) is 9.97. The fraction of sp³-hybridized carbons (Fsp3) is 0.619. The Hall–Kier alpha value is -2.48. The molecular formula is C21H26N6O2. The Morgan fingerprint density at radius 1 is 1.31 bits per heavy atom. The third-order valence-electron chi connectivity index (χ3n) is 7.15. The molecule has 8 nitrogen and oxygen atoms in total. The van der Waals surface area contributed by atoms with Gasteiger partial charge in [0.15, 0.2) is 5.82 Å². The van der Waals surface area contributed by atoms with Gasteiger partial charge >= 0.3 is 0 Å². The summed E-state index contributed by atoms with van der Waals surface area (Å²) >= 11 is 0. The van der Waals surface area contributed by atoms with E-state index in [1.165, 1.54) is 0 Å². The normalized spacial score (nSPS) is 32.6. The SMILES string of the molecule is Cc1cnn(-c2cc(N3C[C@@H]4[C@H](CNC(=O)C5CC5)[C@H]5CC[C@]4(C3)O5)ncn2)c1. The molecule has 1 amide bonds. The maximum Gasteiger partial charge on any atom is 0.223 e. The molecule has 4 aliphatic rings. The second kappa shape index (κ2) is 6.26. The Morgan fingerprint density at radius 3 is 2.97 bits per heavy atom. The van der Waals surface area contributed by atoms with Crippen LogP contribution < -0.4 is 10.2 Å². The van der Waals surface area contributed by atoms with Gasteiger partial charge in [-0.25, -0.2) is 14.6 Å². The van der Waals surface area contributed by atoms with Crippen LogP contribution in [-0.2, 0) is 9.53 Å². The van der Waals surface area contributed by atoms with Gasteiger partial charge in [-0.3, -0.25) is 4.79 Å². The predicted molar refractivity (Wildman–Crippen MR) is 106 cm³/mol. The predicted octanol–water partition coefficient (Wildman–Crippen LogP) is 1.48. The second-order valence-corrected chi connectivity index (χ2v) is 9.13. The van der Waals surface area contributed by atoms with Crippen LogP contribution in [0.5, 0.6) is 0 Å². The topological polar surface area (TPSA) is 85.2 Å². The van der Waals surface area contributed by atoms with E-state index in [-0.39, 0.29) is 23.5 Å². The van der Waals surface area contributed by atoms with Crippen molar-refractivity contribution in [1.29, 1.82) is 0 Å². The Morgan fingerprint density at radius 2 is 2.17 bits per heavy atom. The summed E-state index contributed by atoms with van der Waals surface area (Å²) in [6.45, 7) is 4.52. The fourth-order valence-corrected chi connectivity index (χ4v) is 5.52. The van der Waals surface area contributed by atoms with Crippen molar-refractivity contribution in [1.82, 2.24) is 25.1 Å².